The maximum absolute atomic E-state index is 12.7. The maximum atomic E-state index is 12.7. The van der Waals surface area contributed by atoms with Crippen molar-refractivity contribution in [2.24, 2.45) is 0 Å². The Morgan fingerprint density at radius 1 is 1.43 bits per heavy atom. The molecule has 4 atom stereocenters. The van der Waals surface area contributed by atoms with Gasteiger partial charge in [0.05, 0.1) is 11.4 Å². The summed E-state index contributed by atoms with van der Waals surface area (Å²) in [6.45, 7) is 3.26. The van der Waals surface area contributed by atoms with Crippen molar-refractivity contribution < 1.29 is 9.59 Å². The van der Waals surface area contributed by atoms with Crippen LogP contribution in [-0.2, 0) is 9.59 Å². The van der Waals surface area contributed by atoms with Gasteiger partial charge in [-0.05, 0) is 26.8 Å². The number of likely N-dealkylation sites (tertiary alicyclic amines) is 2. The lowest BCUT2D eigenvalue weighted by Gasteiger charge is -2.38. The third kappa shape index (κ3) is 3.30. The van der Waals surface area contributed by atoms with Crippen LogP contribution in [0.1, 0.15) is 26.2 Å². The van der Waals surface area contributed by atoms with E-state index in [1.54, 1.807) is 4.90 Å². The molecule has 21 heavy (non-hydrogen) atoms. The Morgan fingerprint density at radius 2 is 2.10 bits per heavy atom. The van der Waals surface area contributed by atoms with Crippen LogP contribution in [0.5, 0.6) is 0 Å². The molecule has 2 fully saturated rings. The van der Waals surface area contributed by atoms with E-state index in [-0.39, 0.29) is 34.8 Å². The molecule has 0 spiro atoms. The molecule has 2 aliphatic rings. The molecule has 0 N–H and O–H groups in total. The molecule has 2 heterocycles. The van der Waals surface area contributed by atoms with Gasteiger partial charge in [0, 0.05) is 32.6 Å². The predicted molar refractivity (Wildman–Crippen MR) is 83.5 cm³/mol. The highest BCUT2D eigenvalue weighted by Crippen LogP contribution is 2.31. The number of nitrogens with zero attached hydrogens (tertiary/aromatic N) is 3. The van der Waals surface area contributed by atoms with Crippen LogP contribution in [0.25, 0.3) is 0 Å². The Morgan fingerprint density at radius 3 is 2.62 bits per heavy atom. The summed E-state index contributed by atoms with van der Waals surface area (Å²) in [5, 5.41) is -0.209. The molecular formula is C14H23Cl2N3O2. The Labute approximate surface area is 136 Å². The lowest BCUT2D eigenvalue weighted by atomic mass is 10.0. The normalized spacial score (nSPS) is 34.3. The molecule has 0 radical (unpaired) electrons. The Hall–Kier alpha value is -0.520. The van der Waals surface area contributed by atoms with Crippen molar-refractivity contribution >= 4 is 35.0 Å². The van der Waals surface area contributed by atoms with E-state index in [1.165, 1.54) is 0 Å². The first kappa shape index (κ1) is 16.8. The number of likely N-dealkylation sites (N-methyl/N-ethyl adjacent to an activating group) is 3. The highest BCUT2D eigenvalue weighted by atomic mass is 35.5. The van der Waals surface area contributed by atoms with Gasteiger partial charge in [0.25, 0.3) is 0 Å². The van der Waals surface area contributed by atoms with Crippen LogP contribution >= 0.6 is 23.2 Å². The van der Waals surface area contributed by atoms with Gasteiger partial charge in [0.1, 0.15) is 5.50 Å². The Balaban J connectivity index is 2.01. The second-order valence-electron chi connectivity index (χ2n) is 5.88. The molecule has 5 nitrogen and oxygen atoms in total. The van der Waals surface area contributed by atoms with E-state index in [4.69, 9.17) is 23.2 Å². The van der Waals surface area contributed by atoms with Crippen molar-refractivity contribution in [3.8, 4) is 0 Å². The lowest BCUT2D eigenvalue weighted by Crippen LogP contribution is -2.54. The van der Waals surface area contributed by atoms with E-state index in [2.05, 4.69) is 0 Å². The van der Waals surface area contributed by atoms with Gasteiger partial charge in [-0.1, -0.05) is 0 Å². The Bertz CT molecular complexity index is 421. The molecule has 0 aromatic heterocycles. The zero-order valence-electron chi connectivity index (χ0n) is 12.8. The number of halogens is 2. The minimum absolute atomic E-state index is 0.0432. The van der Waals surface area contributed by atoms with Gasteiger partial charge < -0.3 is 9.80 Å². The number of hydrogen-bond acceptors (Lipinski definition) is 3. The number of rotatable bonds is 3. The summed E-state index contributed by atoms with van der Waals surface area (Å²) in [7, 11) is 3.65. The third-order valence-corrected chi connectivity index (χ3v) is 5.82. The molecule has 0 aromatic rings. The average Bonchev–Trinajstić information content (AvgIpc) is 2.74. The fourth-order valence-electron chi connectivity index (χ4n) is 3.13. The van der Waals surface area contributed by atoms with Crippen molar-refractivity contribution in [2.75, 3.05) is 27.2 Å². The van der Waals surface area contributed by atoms with Crippen molar-refractivity contribution in [3.63, 3.8) is 0 Å². The predicted octanol–water partition coefficient (Wildman–Crippen LogP) is 1.33. The van der Waals surface area contributed by atoms with E-state index in [9.17, 15) is 9.59 Å². The molecule has 2 rings (SSSR count). The summed E-state index contributed by atoms with van der Waals surface area (Å²) in [6.07, 6.45) is 1.80. The van der Waals surface area contributed by atoms with E-state index in [0.29, 0.717) is 25.9 Å². The molecule has 2 amide bonds. The van der Waals surface area contributed by atoms with Gasteiger partial charge in [0.15, 0.2) is 0 Å². The number of carbonyl (C=O) groups excluding carboxylic acids is 2. The summed E-state index contributed by atoms with van der Waals surface area (Å²) in [5.41, 5.74) is -0.311. The minimum Gasteiger partial charge on any atom is -0.341 e. The van der Waals surface area contributed by atoms with Crippen molar-refractivity contribution in [2.45, 2.75) is 49.1 Å². The molecule has 120 valence electrons. The highest BCUT2D eigenvalue weighted by Gasteiger charge is 2.43. The number of carbonyl (C=O) groups is 2. The SMILES string of the molecule is CCN1CC(N(C)C(=O)C2CC(Cl)C(Cl)N2C)CCC1=O. The first-order chi connectivity index (χ1) is 9.86. The molecular weight excluding hydrogens is 313 g/mol. The zero-order valence-corrected chi connectivity index (χ0v) is 14.3. The summed E-state index contributed by atoms with van der Waals surface area (Å²) in [5.74, 6) is 0.218. The maximum Gasteiger partial charge on any atom is 0.240 e. The smallest absolute Gasteiger partial charge is 0.240 e. The molecule has 2 aliphatic heterocycles. The standard InChI is InChI=1S/C14H23Cl2N3O2/c1-4-19-8-9(5-6-12(19)20)17(2)14(21)11-7-10(15)13(16)18(11)3/h9-11,13H,4-8H2,1-3H3. The minimum atomic E-state index is -0.311. The summed E-state index contributed by atoms with van der Waals surface area (Å²) >= 11 is 12.3. The topological polar surface area (TPSA) is 43.9 Å². The van der Waals surface area contributed by atoms with Gasteiger partial charge in [0.2, 0.25) is 11.8 Å². The quantitative estimate of drug-likeness (QED) is 0.577. The summed E-state index contributed by atoms with van der Waals surface area (Å²) < 4.78 is 0. The first-order valence-corrected chi connectivity index (χ1v) is 8.28. The molecule has 0 aromatic carbocycles. The van der Waals surface area contributed by atoms with Crippen LogP contribution in [0.2, 0.25) is 0 Å². The highest BCUT2D eigenvalue weighted by molar-refractivity contribution is 6.30. The summed E-state index contributed by atoms with van der Waals surface area (Å²) in [4.78, 5) is 29.8. The third-order valence-electron chi connectivity index (χ3n) is 4.66. The monoisotopic (exact) mass is 335 g/mol. The van der Waals surface area contributed by atoms with E-state index in [1.807, 2.05) is 30.8 Å². The molecule has 4 unspecified atom stereocenters. The van der Waals surface area contributed by atoms with Gasteiger partial charge in [-0.15, -0.1) is 23.2 Å². The van der Waals surface area contributed by atoms with Crippen LogP contribution in [0.15, 0.2) is 0 Å². The van der Waals surface area contributed by atoms with Gasteiger partial charge in [-0.3, -0.25) is 14.5 Å². The van der Waals surface area contributed by atoms with Gasteiger partial charge >= 0.3 is 0 Å². The molecule has 0 aliphatic carbocycles. The molecule has 0 saturated carbocycles. The second kappa shape index (κ2) is 6.71. The first-order valence-electron chi connectivity index (χ1n) is 7.41. The average molecular weight is 336 g/mol. The Kier molecular flexibility index (Phi) is 5.38. The van der Waals surface area contributed by atoms with Crippen LogP contribution in [0.3, 0.4) is 0 Å². The lowest BCUT2D eigenvalue weighted by molar-refractivity contribution is -0.143. The molecule has 7 heteroatoms. The van der Waals surface area contributed by atoms with E-state index >= 15 is 0 Å². The van der Waals surface area contributed by atoms with Crippen LogP contribution in [-0.4, -0.2) is 76.7 Å². The van der Waals surface area contributed by atoms with Crippen molar-refractivity contribution in [3.05, 3.63) is 0 Å². The van der Waals surface area contributed by atoms with Crippen LogP contribution in [0, 0.1) is 0 Å². The van der Waals surface area contributed by atoms with E-state index in [0.717, 1.165) is 6.42 Å². The number of amides is 2. The van der Waals surface area contributed by atoms with Crippen LogP contribution in [0.4, 0.5) is 0 Å². The number of piperidine rings is 1. The van der Waals surface area contributed by atoms with Gasteiger partial charge in [-0.2, -0.15) is 0 Å². The number of hydrogen-bond donors (Lipinski definition) is 0. The van der Waals surface area contributed by atoms with Crippen molar-refractivity contribution in [1.29, 1.82) is 0 Å². The van der Waals surface area contributed by atoms with Gasteiger partial charge in [-0.25, -0.2) is 0 Å². The second-order valence-corrected chi connectivity index (χ2v) is 6.89. The van der Waals surface area contributed by atoms with E-state index < -0.39 is 0 Å². The van der Waals surface area contributed by atoms with Crippen LogP contribution < -0.4 is 0 Å². The molecule has 2 saturated heterocycles. The zero-order chi connectivity index (χ0) is 15.7. The largest absolute Gasteiger partial charge is 0.341 e. The summed E-state index contributed by atoms with van der Waals surface area (Å²) in [6, 6.07) is -0.195. The van der Waals surface area contributed by atoms with Crippen molar-refractivity contribution in [1.82, 2.24) is 14.7 Å². The fourth-order valence-corrected chi connectivity index (χ4v) is 3.71. The fraction of sp³-hybridized carbons (Fsp3) is 0.857. The number of alkyl halides is 2. The molecule has 0 bridgehead atoms.